The second-order valence-electron chi connectivity index (χ2n) is 8.45. The first-order valence-electron chi connectivity index (χ1n) is 8.64. The largest absolute Gasteiger partial charge is 0.0882 e. The van der Waals surface area contributed by atoms with Crippen molar-refractivity contribution in [1.29, 1.82) is 0 Å². The van der Waals surface area contributed by atoms with E-state index in [0.29, 0.717) is 10.8 Å². The van der Waals surface area contributed by atoms with E-state index in [2.05, 4.69) is 33.8 Å². The Morgan fingerprint density at radius 1 is 1.00 bits per heavy atom. The summed E-state index contributed by atoms with van der Waals surface area (Å²) in [7, 11) is 0. The SMILES string of the molecule is C/C=C1\CCC[C@H]2[C@H]1CCC1C(C)(C)CCC[C@@]12C. The molecular weight excluding hydrogens is 228 g/mol. The van der Waals surface area contributed by atoms with Crippen LogP contribution in [0.15, 0.2) is 11.6 Å². The lowest BCUT2D eigenvalue weighted by Crippen LogP contribution is -2.52. The number of fused-ring (bicyclic) bond motifs is 3. The fourth-order valence-corrected chi connectivity index (χ4v) is 6.38. The lowest BCUT2D eigenvalue weighted by molar-refractivity contribution is -0.0978. The Hall–Kier alpha value is -0.260. The quantitative estimate of drug-likeness (QED) is 0.470. The van der Waals surface area contributed by atoms with E-state index in [1.54, 1.807) is 5.57 Å². The van der Waals surface area contributed by atoms with Gasteiger partial charge in [0.1, 0.15) is 0 Å². The molecule has 0 heterocycles. The molecule has 0 amide bonds. The Kier molecular flexibility index (Phi) is 3.35. The van der Waals surface area contributed by atoms with E-state index in [-0.39, 0.29) is 0 Å². The zero-order valence-corrected chi connectivity index (χ0v) is 13.5. The highest BCUT2D eigenvalue weighted by atomic mass is 14.6. The molecule has 0 aromatic carbocycles. The molecule has 0 N–H and O–H groups in total. The van der Waals surface area contributed by atoms with E-state index in [1.165, 1.54) is 51.4 Å². The molecule has 0 aromatic heterocycles. The summed E-state index contributed by atoms with van der Waals surface area (Å²) < 4.78 is 0. The van der Waals surface area contributed by atoms with Gasteiger partial charge in [-0.1, -0.05) is 38.8 Å². The molecule has 19 heavy (non-hydrogen) atoms. The van der Waals surface area contributed by atoms with Crippen LogP contribution in [0.2, 0.25) is 0 Å². The van der Waals surface area contributed by atoms with Crippen LogP contribution in [-0.4, -0.2) is 0 Å². The molecule has 0 nitrogen and oxygen atoms in total. The molecule has 4 atom stereocenters. The van der Waals surface area contributed by atoms with Gasteiger partial charge in [0.05, 0.1) is 0 Å². The van der Waals surface area contributed by atoms with Gasteiger partial charge in [-0.3, -0.25) is 0 Å². The molecule has 3 aliphatic rings. The van der Waals surface area contributed by atoms with Crippen LogP contribution in [-0.2, 0) is 0 Å². The summed E-state index contributed by atoms with van der Waals surface area (Å²) in [6.45, 7) is 10.0. The smallest absolute Gasteiger partial charge is 0.0170 e. The van der Waals surface area contributed by atoms with Crippen molar-refractivity contribution in [3.8, 4) is 0 Å². The molecule has 1 unspecified atom stereocenters. The lowest BCUT2D eigenvalue weighted by atomic mass is 9.44. The van der Waals surface area contributed by atoms with Crippen LogP contribution in [0.3, 0.4) is 0 Å². The first-order valence-corrected chi connectivity index (χ1v) is 8.64. The van der Waals surface area contributed by atoms with Crippen LogP contribution < -0.4 is 0 Å². The molecule has 0 heteroatoms. The molecule has 0 spiro atoms. The Labute approximate surface area is 120 Å². The van der Waals surface area contributed by atoms with Crippen molar-refractivity contribution in [3.63, 3.8) is 0 Å². The van der Waals surface area contributed by atoms with Crippen LogP contribution in [0.4, 0.5) is 0 Å². The van der Waals surface area contributed by atoms with Crippen molar-refractivity contribution >= 4 is 0 Å². The zero-order valence-electron chi connectivity index (χ0n) is 13.5. The second kappa shape index (κ2) is 4.64. The first kappa shape index (κ1) is 13.7. The third-order valence-corrected chi connectivity index (χ3v) is 7.20. The zero-order chi connectivity index (χ0) is 13.7. The number of hydrogen-bond donors (Lipinski definition) is 0. The van der Waals surface area contributed by atoms with E-state index in [9.17, 15) is 0 Å². The average molecular weight is 260 g/mol. The first-order chi connectivity index (χ1) is 8.99. The molecule has 3 fully saturated rings. The molecule has 108 valence electrons. The summed E-state index contributed by atoms with van der Waals surface area (Å²) in [5.74, 6) is 2.91. The molecule has 3 saturated carbocycles. The minimum Gasteiger partial charge on any atom is -0.0882 e. The Morgan fingerprint density at radius 2 is 1.79 bits per heavy atom. The van der Waals surface area contributed by atoms with Crippen LogP contribution in [0.25, 0.3) is 0 Å². The van der Waals surface area contributed by atoms with Gasteiger partial charge in [-0.05, 0) is 80.5 Å². The Balaban J connectivity index is 1.94. The molecule has 0 saturated heterocycles. The third kappa shape index (κ3) is 2.01. The van der Waals surface area contributed by atoms with Crippen molar-refractivity contribution in [2.45, 2.75) is 79.1 Å². The van der Waals surface area contributed by atoms with Crippen LogP contribution >= 0.6 is 0 Å². The van der Waals surface area contributed by atoms with Crippen molar-refractivity contribution < 1.29 is 0 Å². The van der Waals surface area contributed by atoms with Gasteiger partial charge in [-0.25, -0.2) is 0 Å². The topological polar surface area (TPSA) is 0 Å². The summed E-state index contributed by atoms with van der Waals surface area (Å²) in [5, 5.41) is 0. The maximum atomic E-state index is 2.66. The molecule has 0 bridgehead atoms. The average Bonchev–Trinajstić information content (AvgIpc) is 2.37. The van der Waals surface area contributed by atoms with Crippen molar-refractivity contribution in [2.75, 3.05) is 0 Å². The van der Waals surface area contributed by atoms with E-state index >= 15 is 0 Å². The third-order valence-electron chi connectivity index (χ3n) is 7.20. The van der Waals surface area contributed by atoms with Crippen molar-refractivity contribution in [2.24, 2.45) is 28.6 Å². The van der Waals surface area contributed by atoms with Crippen LogP contribution in [0, 0.1) is 28.6 Å². The fourth-order valence-electron chi connectivity index (χ4n) is 6.38. The highest BCUT2D eigenvalue weighted by molar-refractivity contribution is 5.16. The van der Waals surface area contributed by atoms with Gasteiger partial charge in [-0.15, -0.1) is 0 Å². The molecule has 0 aliphatic heterocycles. The minimum atomic E-state index is 0.589. The number of rotatable bonds is 0. The summed E-state index contributed by atoms with van der Waals surface area (Å²) in [6, 6.07) is 0. The molecule has 0 aromatic rings. The van der Waals surface area contributed by atoms with Gasteiger partial charge in [0.2, 0.25) is 0 Å². The monoisotopic (exact) mass is 260 g/mol. The molecule has 3 rings (SSSR count). The summed E-state index contributed by atoms with van der Waals surface area (Å²) in [4.78, 5) is 0. The van der Waals surface area contributed by atoms with E-state index in [0.717, 1.165) is 17.8 Å². The standard InChI is InChI=1S/C19H32/c1-5-14-8-6-9-16-15(14)10-11-17-18(2,3)12-7-13-19(16,17)4/h5,15-17H,6-13H2,1-4H3/b14-5+/t15-,16-,17?,19+/m0/s1. The van der Waals surface area contributed by atoms with E-state index in [1.807, 2.05) is 0 Å². The minimum absolute atomic E-state index is 0.589. The highest BCUT2D eigenvalue weighted by Crippen LogP contribution is 2.64. The second-order valence-corrected chi connectivity index (χ2v) is 8.45. The Bertz CT molecular complexity index is 375. The van der Waals surface area contributed by atoms with Gasteiger partial charge in [-0.2, -0.15) is 0 Å². The van der Waals surface area contributed by atoms with Gasteiger partial charge in [0, 0.05) is 0 Å². The maximum Gasteiger partial charge on any atom is -0.0170 e. The van der Waals surface area contributed by atoms with Gasteiger partial charge < -0.3 is 0 Å². The predicted octanol–water partition coefficient (Wildman–Crippen LogP) is 5.98. The normalized spacial score (nSPS) is 47.6. The van der Waals surface area contributed by atoms with Crippen molar-refractivity contribution in [3.05, 3.63) is 11.6 Å². The lowest BCUT2D eigenvalue weighted by Gasteiger charge is -2.61. The van der Waals surface area contributed by atoms with Crippen LogP contribution in [0.1, 0.15) is 79.1 Å². The number of hydrogen-bond acceptors (Lipinski definition) is 0. The van der Waals surface area contributed by atoms with Gasteiger partial charge >= 0.3 is 0 Å². The highest BCUT2D eigenvalue weighted by Gasteiger charge is 2.55. The van der Waals surface area contributed by atoms with Gasteiger partial charge in [0.25, 0.3) is 0 Å². The molecule has 0 radical (unpaired) electrons. The summed E-state index contributed by atoms with van der Waals surface area (Å²) in [5.41, 5.74) is 3.03. The molecule has 3 aliphatic carbocycles. The van der Waals surface area contributed by atoms with Gasteiger partial charge in [0.15, 0.2) is 0 Å². The predicted molar refractivity (Wildman–Crippen MR) is 83.1 cm³/mol. The van der Waals surface area contributed by atoms with E-state index < -0.39 is 0 Å². The number of allylic oxidation sites excluding steroid dienone is 2. The van der Waals surface area contributed by atoms with E-state index in [4.69, 9.17) is 0 Å². The fraction of sp³-hybridized carbons (Fsp3) is 0.895. The Morgan fingerprint density at radius 3 is 2.53 bits per heavy atom. The summed E-state index contributed by atoms with van der Waals surface area (Å²) >= 11 is 0. The maximum absolute atomic E-state index is 2.66. The summed E-state index contributed by atoms with van der Waals surface area (Å²) in [6.07, 6.45) is 14.2. The van der Waals surface area contributed by atoms with Crippen LogP contribution in [0.5, 0.6) is 0 Å². The molecular formula is C19H32. The van der Waals surface area contributed by atoms with Crippen molar-refractivity contribution in [1.82, 2.24) is 0 Å².